The fourth-order valence-corrected chi connectivity index (χ4v) is 7.97. The minimum Gasteiger partial charge on any atom is -0.619 e. The first kappa shape index (κ1) is 37.1. The fraction of sp³-hybridized carbons (Fsp3) is 0.484. The van der Waals surface area contributed by atoms with E-state index in [0.29, 0.717) is 49.1 Å². The van der Waals surface area contributed by atoms with Crippen molar-refractivity contribution in [2.75, 3.05) is 63.7 Å². The molecule has 3 heterocycles. The maximum absolute atomic E-state index is 13.8. The van der Waals surface area contributed by atoms with Gasteiger partial charge in [-0.15, -0.1) is 11.3 Å². The van der Waals surface area contributed by atoms with Gasteiger partial charge in [-0.3, -0.25) is 9.21 Å². The second-order valence-electron chi connectivity index (χ2n) is 11.5. The molecule has 0 N–H and O–H groups in total. The summed E-state index contributed by atoms with van der Waals surface area (Å²) in [5.74, 6) is -0.563. The molecule has 268 valence electrons. The molecule has 0 radical (unpaired) electrons. The van der Waals surface area contributed by atoms with Crippen LogP contribution in [-0.4, -0.2) is 85.3 Å². The quantitative estimate of drug-likeness (QED) is 0.107. The van der Waals surface area contributed by atoms with E-state index in [-0.39, 0.29) is 62.3 Å². The number of ether oxygens (including phenoxy) is 5. The monoisotopic (exact) mass is 765 g/mol. The lowest BCUT2D eigenvalue weighted by Gasteiger charge is -2.29. The lowest BCUT2D eigenvalue weighted by atomic mass is 10.0. The van der Waals surface area contributed by atoms with Crippen LogP contribution in [0.1, 0.15) is 39.7 Å². The number of thiophene rings is 1. The molecule has 2 aromatic heterocycles. The van der Waals surface area contributed by atoms with E-state index in [1.807, 2.05) is 0 Å². The Hall–Kier alpha value is -3.15. The predicted molar refractivity (Wildman–Crippen MR) is 179 cm³/mol. The molecule has 12 nitrogen and oxygen atoms in total. The summed E-state index contributed by atoms with van der Waals surface area (Å²) in [6.45, 7) is 0.122. The van der Waals surface area contributed by atoms with E-state index in [1.165, 1.54) is 35.7 Å². The normalized spacial score (nSPS) is 16.0. The Kier molecular flexibility index (Phi) is 12.3. The Bertz CT molecular complexity index is 1720. The highest BCUT2D eigenvalue weighted by molar-refractivity contribution is 7.92. The maximum atomic E-state index is 13.8. The SMILES string of the molecule is COc1cc(C(=O)O[C@@H](Cc2c(Cl)c[n+]([O-])cc2Cl)c2ccc(OC(F)F)c(OCC3CC3)c2)sc1N(CCN1CCOCC1)S(C)(=O)=O. The third kappa shape index (κ3) is 9.98. The molecular weight excluding hydrogens is 731 g/mol. The van der Waals surface area contributed by atoms with Gasteiger partial charge in [0.05, 0.1) is 33.2 Å². The average Bonchev–Trinajstić information content (AvgIpc) is 3.78. The number of esters is 1. The zero-order chi connectivity index (χ0) is 35.3. The number of sulfonamides is 1. The van der Waals surface area contributed by atoms with E-state index < -0.39 is 28.7 Å². The van der Waals surface area contributed by atoms with Crippen LogP contribution in [-0.2, 0) is 25.9 Å². The molecule has 1 aromatic carbocycles. The van der Waals surface area contributed by atoms with Crippen LogP contribution in [0, 0.1) is 11.1 Å². The summed E-state index contributed by atoms with van der Waals surface area (Å²) in [5, 5.41) is 12.1. The van der Waals surface area contributed by atoms with Crippen LogP contribution in [0.15, 0.2) is 36.7 Å². The fourth-order valence-electron chi connectivity index (χ4n) is 5.11. The van der Waals surface area contributed by atoms with Gasteiger partial charge in [0.1, 0.15) is 26.0 Å². The summed E-state index contributed by atoms with van der Waals surface area (Å²) >= 11 is 13.6. The number of nitrogens with zero attached hydrogens (tertiary/aromatic N) is 3. The van der Waals surface area contributed by atoms with Crippen molar-refractivity contribution in [3.8, 4) is 17.2 Å². The number of morpholine rings is 1. The van der Waals surface area contributed by atoms with Crippen molar-refractivity contribution < 1.29 is 50.4 Å². The first-order valence-electron chi connectivity index (χ1n) is 15.3. The highest BCUT2D eigenvalue weighted by atomic mass is 35.5. The van der Waals surface area contributed by atoms with Crippen LogP contribution in [0.25, 0.3) is 0 Å². The minimum atomic E-state index is -3.79. The van der Waals surface area contributed by atoms with Gasteiger partial charge in [0.15, 0.2) is 29.6 Å². The number of carbonyl (C=O) groups excluding carboxylic acids is 1. The summed E-state index contributed by atoms with van der Waals surface area (Å²) < 4.78 is 81.3. The van der Waals surface area contributed by atoms with E-state index >= 15 is 0 Å². The van der Waals surface area contributed by atoms with Gasteiger partial charge in [-0.25, -0.2) is 13.2 Å². The minimum absolute atomic E-state index is 0.00977. The van der Waals surface area contributed by atoms with E-state index in [0.717, 1.165) is 42.8 Å². The number of hydrogen-bond donors (Lipinski definition) is 0. The second-order valence-corrected chi connectivity index (χ2v) is 15.3. The Morgan fingerprint density at radius 1 is 1.14 bits per heavy atom. The number of anilines is 1. The molecule has 1 saturated heterocycles. The molecule has 3 aromatic rings. The molecule has 0 bridgehead atoms. The summed E-state index contributed by atoms with van der Waals surface area (Å²) in [4.78, 5) is 15.9. The number of halogens is 4. The zero-order valence-electron chi connectivity index (χ0n) is 26.6. The van der Waals surface area contributed by atoms with Crippen molar-refractivity contribution in [1.82, 2.24) is 4.90 Å². The topological polar surface area (TPSA) is 131 Å². The van der Waals surface area contributed by atoms with Crippen LogP contribution >= 0.6 is 34.5 Å². The highest BCUT2D eigenvalue weighted by Crippen LogP contribution is 2.42. The van der Waals surface area contributed by atoms with Crippen molar-refractivity contribution in [1.29, 1.82) is 0 Å². The number of hydrogen-bond acceptors (Lipinski definition) is 11. The molecular formula is C31H35Cl2F2N3O9S2. The van der Waals surface area contributed by atoms with Crippen molar-refractivity contribution in [2.45, 2.75) is 32.0 Å². The Morgan fingerprint density at radius 3 is 2.45 bits per heavy atom. The maximum Gasteiger partial charge on any atom is 0.387 e. The van der Waals surface area contributed by atoms with Gasteiger partial charge in [-0.05, 0) is 36.5 Å². The molecule has 2 fully saturated rings. The molecule has 49 heavy (non-hydrogen) atoms. The second kappa shape index (κ2) is 16.2. The van der Waals surface area contributed by atoms with E-state index in [9.17, 15) is 27.2 Å². The molecule has 1 aliphatic carbocycles. The number of rotatable bonds is 16. The van der Waals surface area contributed by atoms with Crippen LogP contribution in [0.2, 0.25) is 10.0 Å². The summed E-state index contributed by atoms with van der Waals surface area (Å²) in [6, 6.07) is 5.55. The molecule has 1 atom stereocenters. The van der Waals surface area contributed by atoms with Crippen molar-refractivity contribution in [3.63, 3.8) is 0 Å². The van der Waals surface area contributed by atoms with Crippen LogP contribution < -0.4 is 23.2 Å². The zero-order valence-corrected chi connectivity index (χ0v) is 29.8. The number of pyridine rings is 1. The molecule has 0 spiro atoms. The number of benzene rings is 1. The summed E-state index contributed by atoms with van der Waals surface area (Å²) in [7, 11) is -2.43. The van der Waals surface area contributed by atoms with Gasteiger partial charge < -0.3 is 28.9 Å². The van der Waals surface area contributed by atoms with Gasteiger partial charge in [0.25, 0.3) is 0 Å². The van der Waals surface area contributed by atoms with Crippen molar-refractivity contribution >= 4 is 55.5 Å². The highest BCUT2D eigenvalue weighted by Gasteiger charge is 2.30. The molecule has 1 aliphatic heterocycles. The molecule has 18 heteroatoms. The van der Waals surface area contributed by atoms with Crippen molar-refractivity contribution in [3.05, 3.63) is 67.9 Å². The molecule has 1 saturated carbocycles. The predicted octanol–water partition coefficient (Wildman–Crippen LogP) is 5.33. The summed E-state index contributed by atoms with van der Waals surface area (Å²) in [6.07, 6.45) is 3.92. The average molecular weight is 767 g/mol. The Morgan fingerprint density at radius 2 is 1.84 bits per heavy atom. The van der Waals surface area contributed by atoms with Gasteiger partial charge in [-0.2, -0.15) is 13.5 Å². The molecule has 2 aliphatic rings. The van der Waals surface area contributed by atoms with Crippen LogP contribution in [0.5, 0.6) is 17.2 Å². The molecule has 0 amide bonds. The van der Waals surface area contributed by atoms with E-state index in [2.05, 4.69) is 9.64 Å². The molecule has 0 unspecified atom stereocenters. The standard InChI is InChI=1S/C31H35Cl2F2N3O9S2/c1-43-27-15-28(48-29(27)38(49(2,41)42)8-7-36-9-11-44-12-10-36)30(39)46-25(14-21-22(32)16-37(40)17-23(21)33)20-5-6-24(47-31(34)35)26(13-20)45-18-19-3-4-19/h5-6,13,15-17,19,25,31H,3-4,7-12,14,18H2,1-2H3/t25-/m0/s1. The number of methoxy groups -OCH3 is 1. The first-order valence-corrected chi connectivity index (χ1v) is 18.7. The third-order valence-corrected chi connectivity index (χ3v) is 10.9. The Labute approximate surface area is 296 Å². The van der Waals surface area contributed by atoms with Gasteiger partial charge in [0.2, 0.25) is 10.0 Å². The molecule has 5 rings (SSSR count). The number of alkyl halides is 2. The largest absolute Gasteiger partial charge is 0.619 e. The van der Waals surface area contributed by atoms with Crippen LogP contribution in [0.4, 0.5) is 13.8 Å². The van der Waals surface area contributed by atoms with E-state index in [1.54, 1.807) is 0 Å². The van der Waals surface area contributed by atoms with Gasteiger partial charge in [-0.1, -0.05) is 29.3 Å². The lowest BCUT2D eigenvalue weighted by molar-refractivity contribution is -0.605. The van der Waals surface area contributed by atoms with Gasteiger partial charge >= 0.3 is 12.6 Å². The third-order valence-electron chi connectivity index (χ3n) is 7.87. The summed E-state index contributed by atoms with van der Waals surface area (Å²) in [5.41, 5.74) is 0.621. The number of carbonyl (C=O) groups is 1. The number of aromatic nitrogens is 1. The smallest absolute Gasteiger partial charge is 0.387 e. The van der Waals surface area contributed by atoms with Crippen molar-refractivity contribution in [2.24, 2.45) is 5.92 Å². The first-order chi connectivity index (χ1) is 23.3. The Balaban J connectivity index is 1.46. The van der Waals surface area contributed by atoms with E-state index in [4.69, 9.17) is 42.1 Å². The lowest BCUT2D eigenvalue weighted by Crippen LogP contribution is -2.42. The van der Waals surface area contributed by atoms with Gasteiger partial charge in [0, 0.05) is 44.2 Å². The van der Waals surface area contributed by atoms with Crippen LogP contribution in [0.3, 0.4) is 0 Å².